The van der Waals surface area contributed by atoms with Crippen LogP contribution in [0.1, 0.15) is 43.7 Å². The van der Waals surface area contributed by atoms with E-state index in [2.05, 4.69) is 35.0 Å². The van der Waals surface area contributed by atoms with Crippen LogP contribution < -0.4 is 5.69 Å². The van der Waals surface area contributed by atoms with E-state index in [1.165, 1.54) is 24.8 Å². The Labute approximate surface area is 121 Å². The maximum atomic E-state index is 12.6. The average Bonchev–Trinajstić information content (AvgIpc) is 2.63. The highest BCUT2D eigenvalue weighted by atomic mass is 79.9. The summed E-state index contributed by atoms with van der Waals surface area (Å²) in [6.45, 7) is 2.08. The van der Waals surface area contributed by atoms with Crippen molar-refractivity contribution in [1.82, 2.24) is 9.13 Å². The molecule has 0 aliphatic heterocycles. The zero-order valence-electron chi connectivity index (χ0n) is 11.4. The second-order valence-corrected chi connectivity index (χ2v) is 6.47. The first-order valence-electron chi connectivity index (χ1n) is 6.96. The van der Waals surface area contributed by atoms with Crippen molar-refractivity contribution in [1.29, 1.82) is 0 Å². The summed E-state index contributed by atoms with van der Waals surface area (Å²) < 4.78 is 4.80. The lowest BCUT2D eigenvalue weighted by Crippen LogP contribution is -2.27. The summed E-state index contributed by atoms with van der Waals surface area (Å²) in [4.78, 5) is 12.6. The Bertz CT molecular complexity index is 677. The summed E-state index contributed by atoms with van der Waals surface area (Å²) in [6, 6.07) is 4.59. The molecule has 0 saturated heterocycles. The van der Waals surface area contributed by atoms with Crippen LogP contribution in [-0.2, 0) is 7.05 Å². The van der Waals surface area contributed by atoms with Gasteiger partial charge in [0.1, 0.15) is 0 Å². The van der Waals surface area contributed by atoms with E-state index >= 15 is 0 Å². The summed E-state index contributed by atoms with van der Waals surface area (Å²) in [5.74, 6) is 0. The monoisotopic (exact) mass is 322 g/mol. The van der Waals surface area contributed by atoms with Gasteiger partial charge in [-0.25, -0.2) is 4.79 Å². The molecule has 102 valence electrons. The standard InChI is InChI=1S/C15H19BrN2O/c1-10-8-12(16)14-13(9-10)18(15(19)17(14)2)11-6-4-3-5-7-11/h8-9,11H,3-7H2,1-2H3. The Balaban J connectivity index is 2.29. The molecule has 3 nitrogen and oxygen atoms in total. The van der Waals surface area contributed by atoms with Gasteiger partial charge in [0, 0.05) is 17.6 Å². The summed E-state index contributed by atoms with van der Waals surface area (Å²) >= 11 is 3.60. The van der Waals surface area contributed by atoms with Crippen LogP contribution in [0.5, 0.6) is 0 Å². The lowest BCUT2D eigenvalue weighted by atomic mass is 9.95. The van der Waals surface area contributed by atoms with Crippen molar-refractivity contribution in [2.45, 2.75) is 45.1 Å². The predicted octanol–water partition coefficient (Wildman–Crippen LogP) is 3.92. The molecule has 1 heterocycles. The van der Waals surface area contributed by atoms with Gasteiger partial charge in [0.25, 0.3) is 0 Å². The first-order chi connectivity index (χ1) is 9.09. The van der Waals surface area contributed by atoms with Gasteiger partial charge in [-0.3, -0.25) is 9.13 Å². The van der Waals surface area contributed by atoms with Crippen molar-refractivity contribution in [3.8, 4) is 0 Å². The van der Waals surface area contributed by atoms with Gasteiger partial charge >= 0.3 is 5.69 Å². The van der Waals surface area contributed by atoms with Crippen LogP contribution in [-0.4, -0.2) is 9.13 Å². The number of hydrogen-bond donors (Lipinski definition) is 0. The molecule has 1 fully saturated rings. The van der Waals surface area contributed by atoms with Crippen LogP contribution in [0, 0.1) is 6.92 Å². The first-order valence-corrected chi connectivity index (χ1v) is 7.76. The number of halogens is 1. The lowest BCUT2D eigenvalue weighted by Gasteiger charge is -2.23. The highest BCUT2D eigenvalue weighted by Gasteiger charge is 2.22. The zero-order chi connectivity index (χ0) is 13.6. The van der Waals surface area contributed by atoms with Crippen LogP contribution >= 0.6 is 15.9 Å². The molecule has 0 amide bonds. The van der Waals surface area contributed by atoms with Gasteiger partial charge in [0.2, 0.25) is 0 Å². The highest BCUT2D eigenvalue weighted by Crippen LogP contribution is 2.32. The Morgan fingerprint density at radius 2 is 1.89 bits per heavy atom. The third-order valence-corrected chi connectivity index (χ3v) is 4.82. The molecule has 3 rings (SSSR count). The fourth-order valence-electron chi connectivity index (χ4n) is 3.28. The molecule has 1 saturated carbocycles. The summed E-state index contributed by atoms with van der Waals surface area (Å²) in [6.07, 6.45) is 6.04. The molecule has 0 unspecified atom stereocenters. The van der Waals surface area contributed by atoms with E-state index in [-0.39, 0.29) is 5.69 Å². The van der Waals surface area contributed by atoms with Crippen molar-refractivity contribution >= 4 is 27.0 Å². The van der Waals surface area contributed by atoms with Gasteiger partial charge in [-0.2, -0.15) is 0 Å². The van der Waals surface area contributed by atoms with E-state index < -0.39 is 0 Å². The van der Waals surface area contributed by atoms with Crippen molar-refractivity contribution in [3.63, 3.8) is 0 Å². The van der Waals surface area contributed by atoms with E-state index in [1.807, 2.05) is 11.6 Å². The Kier molecular flexibility index (Phi) is 3.29. The smallest absolute Gasteiger partial charge is 0.294 e. The van der Waals surface area contributed by atoms with Crippen LogP contribution in [0.4, 0.5) is 0 Å². The van der Waals surface area contributed by atoms with Crippen molar-refractivity contribution in [2.24, 2.45) is 7.05 Å². The van der Waals surface area contributed by atoms with E-state index in [1.54, 1.807) is 4.57 Å². The second-order valence-electron chi connectivity index (χ2n) is 5.62. The number of hydrogen-bond acceptors (Lipinski definition) is 1. The molecule has 19 heavy (non-hydrogen) atoms. The fourth-order valence-corrected chi connectivity index (χ4v) is 4.11. The maximum Gasteiger partial charge on any atom is 0.329 e. The number of aryl methyl sites for hydroxylation is 2. The first kappa shape index (κ1) is 13.0. The molecular weight excluding hydrogens is 304 g/mol. The summed E-state index contributed by atoms with van der Waals surface area (Å²) in [7, 11) is 1.87. The molecule has 0 radical (unpaired) electrons. The number of nitrogens with zero attached hydrogens (tertiary/aromatic N) is 2. The minimum Gasteiger partial charge on any atom is -0.294 e. The molecular formula is C15H19BrN2O. The topological polar surface area (TPSA) is 26.9 Å². The number of fused-ring (bicyclic) bond motifs is 1. The number of benzene rings is 1. The molecule has 1 aromatic heterocycles. The molecule has 0 bridgehead atoms. The van der Waals surface area contributed by atoms with Gasteiger partial charge in [-0.15, -0.1) is 0 Å². The number of rotatable bonds is 1. The third-order valence-electron chi connectivity index (χ3n) is 4.22. The van der Waals surface area contributed by atoms with Gasteiger partial charge in [-0.05, 0) is 53.4 Å². The molecule has 1 aliphatic carbocycles. The predicted molar refractivity (Wildman–Crippen MR) is 81.7 cm³/mol. The van der Waals surface area contributed by atoms with E-state index in [9.17, 15) is 4.79 Å². The van der Waals surface area contributed by atoms with Crippen molar-refractivity contribution in [2.75, 3.05) is 0 Å². The number of imidazole rings is 1. The van der Waals surface area contributed by atoms with Crippen molar-refractivity contribution in [3.05, 3.63) is 32.7 Å². The Hall–Kier alpha value is -1.03. The van der Waals surface area contributed by atoms with Gasteiger partial charge in [-0.1, -0.05) is 19.3 Å². The largest absolute Gasteiger partial charge is 0.329 e. The van der Waals surface area contributed by atoms with E-state index in [0.717, 1.165) is 28.3 Å². The minimum absolute atomic E-state index is 0.119. The number of aromatic nitrogens is 2. The van der Waals surface area contributed by atoms with Crippen LogP contribution in [0.15, 0.2) is 21.4 Å². The Morgan fingerprint density at radius 1 is 1.21 bits per heavy atom. The lowest BCUT2D eigenvalue weighted by molar-refractivity contribution is 0.351. The third kappa shape index (κ3) is 2.06. The molecule has 1 aromatic carbocycles. The van der Waals surface area contributed by atoms with Crippen LogP contribution in [0.3, 0.4) is 0 Å². The van der Waals surface area contributed by atoms with E-state index in [4.69, 9.17) is 0 Å². The zero-order valence-corrected chi connectivity index (χ0v) is 13.0. The van der Waals surface area contributed by atoms with Crippen molar-refractivity contribution < 1.29 is 0 Å². The van der Waals surface area contributed by atoms with Crippen LogP contribution in [0.2, 0.25) is 0 Å². The molecule has 1 aliphatic rings. The quantitative estimate of drug-likeness (QED) is 0.781. The molecule has 0 atom stereocenters. The second kappa shape index (κ2) is 4.82. The highest BCUT2D eigenvalue weighted by molar-refractivity contribution is 9.10. The summed E-state index contributed by atoms with van der Waals surface area (Å²) in [5, 5.41) is 0. The van der Waals surface area contributed by atoms with Gasteiger partial charge in [0.15, 0.2) is 0 Å². The maximum absolute atomic E-state index is 12.6. The van der Waals surface area contributed by atoms with Crippen LogP contribution in [0.25, 0.3) is 11.0 Å². The van der Waals surface area contributed by atoms with Gasteiger partial charge < -0.3 is 0 Å². The minimum atomic E-state index is 0.119. The fraction of sp³-hybridized carbons (Fsp3) is 0.533. The summed E-state index contributed by atoms with van der Waals surface area (Å²) in [5.41, 5.74) is 3.40. The van der Waals surface area contributed by atoms with E-state index in [0.29, 0.717) is 6.04 Å². The molecule has 2 aromatic rings. The Morgan fingerprint density at radius 3 is 2.58 bits per heavy atom. The van der Waals surface area contributed by atoms with Gasteiger partial charge in [0.05, 0.1) is 11.0 Å². The average molecular weight is 323 g/mol. The molecule has 4 heteroatoms. The normalized spacial score (nSPS) is 17.2. The molecule has 0 N–H and O–H groups in total. The molecule has 0 spiro atoms. The SMILES string of the molecule is Cc1cc(Br)c2c(c1)n(C1CCCCC1)c(=O)n2C.